The first-order valence-corrected chi connectivity index (χ1v) is 7.59. The molecule has 2 nitrogen and oxygen atoms in total. The van der Waals surface area contributed by atoms with Gasteiger partial charge in [-0.15, -0.1) is 0 Å². The molecule has 0 aliphatic heterocycles. The van der Waals surface area contributed by atoms with E-state index in [1.165, 1.54) is 18.9 Å². The van der Waals surface area contributed by atoms with Crippen LogP contribution in [0.3, 0.4) is 0 Å². The van der Waals surface area contributed by atoms with Gasteiger partial charge in [0.15, 0.2) is 11.4 Å². The molecule has 3 rings (SSSR count). The van der Waals surface area contributed by atoms with Gasteiger partial charge >= 0.3 is 0 Å². The molecule has 1 aromatic heterocycles. The third-order valence-corrected chi connectivity index (χ3v) is 4.36. The van der Waals surface area contributed by atoms with Crippen LogP contribution in [0, 0.1) is 11.7 Å². The number of halogens is 3. The summed E-state index contributed by atoms with van der Waals surface area (Å²) in [5.74, 6) is 0.972. The molecule has 1 aromatic carbocycles. The van der Waals surface area contributed by atoms with Gasteiger partial charge < -0.3 is 9.73 Å². The zero-order valence-electron chi connectivity index (χ0n) is 10.5. The maximum absolute atomic E-state index is 14.0. The summed E-state index contributed by atoms with van der Waals surface area (Å²) in [5, 5.41) is 3.96. The minimum absolute atomic E-state index is 0.109. The van der Waals surface area contributed by atoms with Crippen molar-refractivity contribution < 1.29 is 8.81 Å². The molecule has 0 amide bonds. The van der Waals surface area contributed by atoms with Crippen LogP contribution >= 0.6 is 27.5 Å². The molecule has 0 spiro atoms. The Hall–Kier alpha value is -0.580. The summed E-state index contributed by atoms with van der Waals surface area (Å²) in [4.78, 5) is 0. The molecule has 1 atom stereocenters. The highest BCUT2D eigenvalue weighted by Crippen LogP contribution is 2.43. The standard InChI is InChI=1S/C14H14BrClFNO/c1-2-18-13(7-3-4-7)11-5-8-12(17)10(16)6-9(15)14(8)19-11/h5-7,13,18H,2-4H2,1H3. The van der Waals surface area contributed by atoms with Crippen LogP contribution in [0.25, 0.3) is 11.0 Å². The molecule has 2 aromatic rings. The Morgan fingerprint density at radius 1 is 1.53 bits per heavy atom. The Morgan fingerprint density at radius 3 is 2.89 bits per heavy atom. The lowest BCUT2D eigenvalue weighted by Crippen LogP contribution is -2.21. The molecule has 1 heterocycles. The molecule has 5 heteroatoms. The van der Waals surface area contributed by atoms with Gasteiger partial charge in [0.1, 0.15) is 5.76 Å². The second kappa shape index (κ2) is 5.08. The van der Waals surface area contributed by atoms with Crippen LogP contribution < -0.4 is 5.32 Å². The average Bonchev–Trinajstić information content (AvgIpc) is 3.11. The normalized spacial score (nSPS) is 17.1. The minimum Gasteiger partial charge on any atom is -0.458 e. The first kappa shape index (κ1) is 13.4. The lowest BCUT2D eigenvalue weighted by atomic mass is 10.1. The van der Waals surface area contributed by atoms with Crippen LogP contribution in [0.4, 0.5) is 4.39 Å². The molecule has 1 fully saturated rings. The fourth-order valence-corrected chi connectivity index (χ4v) is 3.29. The van der Waals surface area contributed by atoms with Crippen molar-refractivity contribution in [1.29, 1.82) is 0 Å². The molecule has 0 radical (unpaired) electrons. The number of hydrogen-bond acceptors (Lipinski definition) is 2. The summed E-state index contributed by atoms with van der Waals surface area (Å²) in [6, 6.07) is 3.47. The summed E-state index contributed by atoms with van der Waals surface area (Å²) in [7, 11) is 0. The monoisotopic (exact) mass is 345 g/mol. The van der Waals surface area contributed by atoms with E-state index in [9.17, 15) is 4.39 Å². The highest BCUT2D eigenvalue weighted by Gasteiger charge is 2.34. The van der Waals surface area contributed by atoms with Crippen LogP contribution in [0.1, 0.15) is 31.6 Å². The zero-order valence-corrected chi connectivity index (χ0v) is 12.8. The van der Waals surface area contributed by atoms with Crippen molar-refractivity contribution in [3.63, 3.8) is 0 Å². The third kappa shape index (κ3) is 2.41. The number of furan rings is 1. The van der Waals surface area contributed by atoms with Crippen molar-refractivity contribution in [3.05, 3.63) is 33.2 Å². The first-order chi connectivity index (χ1) is 9.11. The predicted molar refractivity (Wildman–Crippen MR) is 78.0 cm³/mol. The van der Waals surface area contributed by atoms with Gasteiger partial charge in [-0.25, -0.2) is 4.39 Å². The SMILES string of the molecule is CCNC(c1cc2c(F)c(Cl)cc(Br)c2o1)C1CC1. The Balaban J connectivity index is 2.10. The van der Waals surface area contributed by atoms with E-state index in [-0.39, 0.29) is 11.1 Å². The Kier molecular flexibility index (Phi) is 3.58. The molecule has 1 unspecified atom stereocenters. The smallest absolute Gasteiger partial charge is 0.152 e. The van der Waals surface area contributed by atoms with E-state index < -0.39 is 5.82 Å². The largest absolute Gasteiger partial charge is 0.458 e. The van der Waals surface area contributed by atoms with Gasteiger partial charge in [0.2, 0.25) is 0 Å². The number of fused-ring (bicyclic) bond motifs is 1. The van der Waals surface area contributed by atoms with Crippen LogP contribution in [0.5, 0.6) is 0 Å². The van der Waals surface area contributed by atoms with Gasteiger partial charge in [0.05, 0.1) is 20.9 Å². The maximum atomic E-state index is 14.0. The Labute approximate surface area is 124 Å². The molecular formula is C14H14BrClFNO. The summed E-state index contributed by atoms with van der Waals surface area (Å²) in [6.07, 6.45) is 2.39. The number of rotatable bonds is 4. The Bertz CT molecular complexity index is 623. The van der Waals surface area contributed by atoms with Gasteiger partial charge in [0.25, 0.3) is 0 Å². The fourth-order valence-electron chi connectivity index (χ4n) is 2.42. The molecule has 0 saturated heterocycles. The lowest BCUT2D eigenvalue weighted by molar-refractivity contribution is 0.403. The van der Waals surface area contributed by atoms with E-state index in [0.717, 1.165) is 12.3 Å². The van der Waals surface area contributed by atoms with Crippen molar-refractivity contribution in [2.45, 2.75) is 25.8 Å². The van der Waals surface area contributed by atoms with Crippen molar-refractivity contribution in [2.75, 3.05) is 6.54 Å². The maximum Gasteiger partial charge on any atom is 0.152 e. The average molecular weight is 347 g/mol. The number of nitrogens with one attached hydrogen (secondary N) is 1. The van der Waals surface area contributed by atoms with E-state index in [4.69, 9.17) is 16.0 Å². The van der Waals surface area contributed by atoms with Gasteiger partial charge in [-0.2, -0.15) is 0 Å². The Morgan fingerprint density at radius 2 is 2.26 bits per heavy atom. The topological polar surface area (TPSA) is 25.2 Å². The van der Waals surface area contributed by atoms with Crippen molar-refractivity contribution in [3.8, 4) is 0 Å². The molecule has 19 heavy (non-hydrogen) atoms. The summed E-state index contributed by atoms with van der Waals surface area (Å²) >= 11 is 9.23. The second-order valence-corrected chi connectivity index (χ2v) is 6.18. The van der Waals surface area contributed by atoms with Crippen LogP contribution in [-0.2, 0) is 0 Å². The summed E-state index contributed by atoms with van der Waals surface area (Å²) < 4.78 is 20.6. The van der Waals surface area contributed by atoms with Crippen LogP contribution in [0.2, 0.25) is 5.02 Å². The van der Waals surface area contributed by atoms with Crippen LogP contribution in [0.15, 0.2) is 21.0 Å². The molecule has 1 saturated carbocycles. The van der Waals surface area contributed by atoms with E-state index in [1.54, 1.807) is 6.07 Å². The van der Waals surface area contributed by atoms with E-state index in [0.29, 0.717) is 21.4 Å². The third-order valence-electron chi connectivity index (χ3n) is 3.49. The van der Waals surface area contributed by atoms with E-state index in [1.807, 2.05) is 0 Å². The van der Waals surface area contributed by atoms with Gasteiger partial charge in [0, 0.05) is 0 Å². The molecular weight excluding hydrogens is 333 g/mol. The first-order valence-electron chi connectivity index (χ1n) is 6.42. The van der Waals surface area contributed by atoms with Crippen LogP contribution in [-0.4, -0.2) is 6.54 Å². The van der Waals surface area contributed by atoms with Gasteiger partial charge in [-0.1, -0.05) is 18.5 Å². The van der Waals surface area contributed by atoms with Crippen molar-refractivity contribution >= 4 is 38.5 Å². The van der Waals surface area contributed by atoms with E-state index in [2.05, 4.69) is 28.2 Å². The molecule has 0 bridgehead atoms. The second-order valence-electron chi connectivity index (χ2n) is 4.92. The minimum atomic E-state index is -0.416. The lowest BCUT2D eigenvalue weighted by Gasteiger charge is -2.13. The molecule has 1 aliphatic rings. The fraction of sp³-hybridized carbons (Fsp3) is 0.429. The zero-order chi connectivity index (χ0) is 13.6. The summed E-state index contributed by atoms with van der Waals surface area (Å²) in [5.41, 5.74) is 0.528. The number of hydrogen-bond donors (Lipinski definition) is 1. The molecule has 1 aliphatic carbocycles. The van der Waals surface area contributed by atoms with Crippen molar-refractivity contribution in [2.24, 2.45) is 5.92 Å². The van der Waals surface area contributed by atoms with E-state index >= 15 is 0 Å². The molecule has 102 valence electrons. The van der Waals surface area contributed by atoms with Crippen molar-refractivity contribution in [1.82, 2.24) is 5.32 Å². The predicted octanol–water partition coefficient (Wildman–Crippen LogP) is 5.05. The van der Waals surface area contributed by atoms with Gasteiger partial charge in [-0.3, -0.25) is 0 Å². The van der Waals surface area contributed by atoms with Gasteiger partial charge in [-0.05, 0) is 53.4 Å². The molecule has 1 N–H and O–H groups in total. The quantitative estimate of drug-likeness (QED) is 0.784. The number of benzene rings is 1. The summed E-state index contributed by atoms with van der Waals surface area (Å²) in [6.45, 7) is 2.92. The highest BCUT2D eigenvalue weighted by atomic mass is 79.9. The highest BCUT2D eigenvalue weighted by molar-refractivity contribution is 9.10.